The number of aromatic nitrogens is 1. The van der Waals surface area contributed by atoms with Crippen LogP contribution in [0.1, 0.15) is 26.2 Å². The van der Waals surface area contributed by atoms with Gasteiger partial charge in [-0.05, 0) is 31.4 Å². The van der Waals surface area contributed by atoms with Crippen molar-refractivity contribution in [1.29, 1.82) is 0 Å². The third-order valence-electron chi connectivity index (χ3n) is 2.40. The van der Waals surface area contributed by atoms with Gasteiger partial charge in [-0.2, -0.15) is 0 Å². The van der Waals surface area contributed by atoms with Gasteiger partial charge in [-0.25, -0.2) is 4.98 Å². The Morgan fingerprint density at radius 1 is 1.53 bits per heavy atom. The van der Waals surface area contributed by atoms with E-state index in [1.54, 1.807) is 12.3 Å². The van der Waals surface area contributed by atoms with Crippen molar-refractivity contribution in [3.05, 3.63) is 18.3 Å². The average Bonchev–Trinajstić information content (AvgIpc) is 2.13. The summed E-state index contributed by atoms with van der Waals surface area (Å²) in [6.45, 7) is 1.46. The zero-order valence-corrected chi connectivity index (χ0v) is 8.69. The molecule has 1 aliphatic rings. The summed E-state index contributed by atoms with van der Waals surface area (Å²) in [5, 5.41) is 2.61. The fraction of sp³-hybridized carbons (Fsp3) is 0.455. The minimum absolute atomic E-state index is 0.116. The molecule has 0 aromatic carbocycles. The van der Waals surface area contributed by atoms with Gasteiger partial charge >= 0.3 is 0 Å². The van der Waals surface area contributed by atoms with Gasteiger partial charge in [0.15, 0.2) is 0 Å². The molecule has 80 valence electrons. The quantitative estimate of drug-likeness (QED) is 0.822. The Morgan fingerprint density at radius 3 is 2.80 bits per heavy atom. The van der Waals surface area contributed by atoms with E-state index in [1.807, 2.05) is 6.07 Å². The standard InChI is InChI=1S/C11H14N2O2/c1-8(14)13-11-6-5-10(7-12-11)15-9-3-2-4-9/h5-7,9H,2-4H2,1H3,(H,12,13,14). The van der Waals surface area contributed by atoms with Crippen LogP contribution in [0.25, 0.3) is 0 Å². The van der Waals surface area contributed by atoms with Crippen LogP contribution >= 0.6 is 0 Å². The van der Waals surface area contributed by atoms with Crippen LogP contribution in [0.5, 0.6) is 5.75 Å². The van der Waals surface area contributed by atoms with Crippen LogP contribution in [0.2, 0.25) is 0 Å². The second-order valence-corrected chi connectivity index (χ2v) is 3.73. The van der Waals surface area contributed by atoms with Crippen LogP contribution in [0.15, 0.2) is 18.3 Å². The number of rotatable bonds is 3. The van der Waals surface area contributed by atoms with Gasteiger partial charge in [-0.15, -0.1) is 0 Å². The maximum absolute atomic E-state index is 10.7. The van der Waals surface area contributed by atoms with Crippen molar-refractivity contribution in [2.75, 3.05) is 5.32 Å². The maximum atomic E-state index is 10.7. The normalized spacial score (nSPS) is 15.5. The third kappa shape index (κ3) is 2.68. The van der Waals surface area contributed by atoms with E-state index in [4.69, 9.17) is 4.74 Å². The molecule has 0 radical (unpaired) electrons. The number of carbonyl (C=O) groups is 1. The van der Waals surface area contributed by atoms with Gasteiger partial charge in [0.2, 0.25) is 5.91 Å². The molecule has 1 aliphatic carbocycles. The number of hydrogen-bond acceptors (Lipinski definition) is 3. The van der Waals surface area contributed by atoms with Gasteiger partial charge in [-0.1, -0.05) is 0 Å². The Morgan fingerprint density at radius 2 is 2.33 bits per heavy atom. The first-order valence-corrected chi connectivity index (χ1v) is 5.14. The lowest BCUT2D eigenvalue weighted by Gasteiger charge is -2.26. The monoisotopic (exact) mass is 206 g/mol. The number of hydrogen-bond donors (Lipinski definition) is 1. The molecule has 0 unspecified atom stereocenters. The van der Waals surface area contributed by atoms with E-state index in [-0.39, 0.29) is 5.91 Å². The largest absolute Gasteiger partial charge is 0.489 e. The first-order valence-electron chi connectivity index (χ1n) is 5.14. The van der Waals surface area contributed by atoms with Crippen molar-refractivity contribution in [2.45, 2.75) is 32.3 Å². The maximum Gasteiger partial charge on any atom is 0.222 e. The number of nitrogens with one attached hydrogen (secondary N) is 1. The lowest BCUT2D eigenvalue weighted by molar-refractivity contribution is -0.114. The first kappa shape index (κ1) is 9.96. The molecule has 0 atom stereocenters. The number of ether oxygens (including phenoxy) is 1. The van der Waals surface area contributed by atoms with Crippen LogP contribution < -0.4 is 10.1 Å². The summed E-state index contributed by atoms with van der Waals surface area (Å²) >= 11 is 0. The molecular formula is C11H14N2O2. The van der Waals surface area contributed by atoms with E-state index in [1.165, 1.54) is 13.3 Å². The summed E-state index contributed by atoms with van der Waals surface area (Å²) in [5.41, 5.74) is 0. The van der Waals surface area contributed by atoms with Crippen molar-refractivity contribution in [3.8, 4) is 5.75 Å². The van der Waals surface area contributed by atoms with Crippen LogP contribution in [0.3, 0.4) is 0 Å². The van der Waals surface area contributed by atoms with Gasteiger partial charge in [-0.3, -0.25) is 4.79 Å². The average molecular weight is 206 g/mol. The van der Waals surface area contributed by atoms with Crippen LogP contribution in [0, 0.1) is 0 Å². The van der Waals surface area contributed by atoms with Crippen LogP contribution in [0.4, 0.5) is 5.82 Å². The molecular weight excluding hydrogens is 192 g/mol. The van der Waals surface area contributed by atoms with Crippen molar-refractivity contribution in [3.63, 3.8) is 0 Å². The first-order chi connectivity index (χ1) is 7.24. The fourth-order valence-corrected chi connectivity index (χ4v) is 1.39. The van der Waals surface area contributed by atoms with Gasteiger partial charge in [0.25, 0.3) is 0 Å². The number of amides is 1. The smallest absolute Gasteiger partial charge is 0.222 e. The van der Waals surface area contributed by atoms with E-state index in [0.29, 0.717) is 11.9 Å². The minimum atomic E-state index is -0.116. The molecule has 1 fully saturated rings. The van der Waals surface area contributed by atoms with E-state index in [0.717, 1.165) is 18.6 Å². The molecule has 15 heavy (non-hydrogen) atoms. The zero-order chi connectivity index (χ0) is 10.7. The van der Waals surface area contributed by atoms with Gasteiger partial charge in [0.1, 0.15) is 11.6 Å². The second-order valence-electron chi connectivity index (χ2n) is 3.73. The van der Waals surface area contributed by atoms with Gasteiger partial charge < -0.3 is 10.1 Å². The highest BCUT2D eigenvalue weighted by atomic mass is 16.5. The molecule has 0 saturated heterocycles. The van der Waals surface area contributed by atoms with E-state index in [9.17, 15) is 4.79 Å². The van der Waals surface area contributed by atoms with Crippen LogP contribution in [-0.4, -0.2) is 17.0 Å². The Hall–Kier alpha value is -1.58. The number of anilines is 1. The molecule has 4 nitrogen and oxygen atoms in total. The molecule has 1 aromatic rings. The molecule has 1 heterocycles. The molecule has 0 bridgehead atoms. The van der Waals surface area contributed by atoms with Crippen LogP contribution in [-0.2, 0) is 4.79 Å². The van der Waals surface area contributed by atoms with Crippen molar-refractivity contribution in [1.82, 2.24) is 4.98 Å². The minimum Gasteiger partial charge on any atom is -0.489 e. The lowest BCUT2D eigenvalue weighted by atomic mass is 9.96. The molecule has 0 spiro atoms. The fourth-order valence-electron chi connectivity index (χ4n) is 1.39. The van der Waals surface area contributed by atoms with Gasteiger partial charge in [0.05, 0.1) is 12.3 Å². The SMILES string of the molecule is CC(=O)Nc1ccc(OC2CCC2)cn1. The molecule has 0 aliphatic heterocycles. The topological polar surface area (TPSA) is 51.2 Å². The summed E-state index contributed by atoms with van der Waals surface area (Å²) in [6.07, 6.45) is 5.52. The third-order valence-corrected chi connectivity index (χ3v) is 2.40. The number of carbonyl (C=O) groups excluding carboxylic acids is 1. The Bertz CT molecular complexity index is 344. The Balaban J connectivity index is 1.93. The van der Waals surface area contributed by atoms with Crippen molar-refractivity contribution >= 4 is 11.7 Å². The molecule has 1 amide bonds. The predicted octanol–water partition coefficient (Wildman–Crippen LogP) is 1.97. The zero-order valence-electron chi connectivity index (χ0n) is 8.69. The molecule has 4 heteroatoms. The number of pyridine rings is 1. The highest BCUT2D eigenvalue weighted by Gasteiger charge is 2.18. The van der Waals surface area contributed by atoms with E-state index < -0.39 is 0 Å². The summed E-state index contributed by atoms with van der Waals surface area (Å²) < 4.78 is 5.64. The lowest BCUT2D eigenvalue weighted by Crippen LogP contribution is -2.24. The molecule has 1 saturated carbocycles. The second kappa shape index (κ2) is 4.29. The Labute approximate surface area is 88.7 Å². The predicted molar refractivity (Wildman–Crippen MR) is 56.8 cm³/mol. The molecule has 1 aromatic heterocycles. The summed E-state index contributed by atoms with van der Waals surface area (Å²) in [5.74, 6) is 1.22. The summed E-state index contributed by atoms with van der Waals surface area (Å²) in [4.78, 5) is 14.8. The van der Waals surface area contributed by atoms with E-state index in [2.05, 4.69) is 10.3 Å². The van der Waals surface area contributed by atoms with Crippen molar-refractivity contribution < 1.29 is 9.53 Å². The Kier molecular flexibility index (Phi) is 2.85. The van der Waals surface area contributed by atoms with Crippen molar-refractivity contribution in [2.24, 2.45) is 0 Å². The number of nitrogens with zero attached hydrogens (tertiary/aromatic N) is 1. The molecule has 1 N–H and O–H groups in total. The summed E-state index contributed by atoms with van der Waals surface area (Å²) in [7, 11) is 0. The van der Waals surface area contributed by atoms with E-state index >= 15 is 0 Å². The highest BCUT2D eigenvalue weighted by Crippen LogP contribution is 2.24. The highest BCUT2D eigenvalue weighted by molar-refractivity contribution is 5.87. The summed E-state index contributed by atoms with van der Waals surface area (Å²) in [6, 6.07) is 3.58. The molecule has 2 rings (SSSR count). The van der Waals surface area contributed by atoms with Gasteiger partial charge in [0, 0.05) is 6.92 Å².